The zero-order valence-electron chi connectivity index (χ0n) is 11.7. The summed E-state index contributed by atoms with van der Waals surface area (Å²) in [4.78, 5) is 28.3. The van der Waals surface area contributed by atoms with Crippen molar-refractivity contribution >= 4 is 22.8 Å². The van der Waals surface area contributed by atoms with E-state index in [0.29, 0.717) is 18.7 Å². The number of hydrogen-bond donors (Lipinski definition) is 1. The number of nitrogens with zero attached hydrogens (tertiary/aromatic N) is 1. The van der Waals surface area contributed by atoms with E-state index in [9.17, 15) is 9.59 Å². The second-order valence-corrected chi connectivity index (χ2v) is 4.49. The predicted molar refractivity (Wildman–Crippen MR) is 76.5 cm³/mol. The summed E-state index contributed by atoms with van der Waals surface area (Å²) in [5.41, 5.74) is 1.63. The van der Waals surface area contributed by atoms with Crippen molar-refractivity contribution in [1.82, 2.24) is 9.88 Å². The first-order valence-electron chi connectivity index (χ1n) is 6.59. The first kappa shape index (κ1) is 14.1. The van der Waals surface area contributed by atoms with E-state index in [1.54, 1.807) is 11.0 Å². The molecule has 0 aliphatic heterocycles. The zero-order chi connectivity index (χ0) is 14.5. The Labute approximate surface area is 117 Å². The fraction of sp³-hybridized carbons (Fsp3) is 0.333. The molecule has 0 aliphatic rings. The van der Waals surface area contributed by atoms with Gasteiger partial charge in [0.2, 0.25) is 0 Å². The van der Waals surface area contributed by atoms with Gasteiger partial charge in [-0.05, 0) is 31.2 Å². The minimum atomic E-state index is -0.308. The van der Waals surface area contributed by atoms with E-state index in [2.05, 4.69) is 9.72 Å². The van der Waals surface area contributed by atoms with Crippen molar-refractivity contribution in [2.75, 3.05) is 20.2 Å². The number of ether oxygens (including phenoxy) is 1. The van der Waals surface area contributed by atoms with Crippen LogP contribution in [0.5, 0.6) is 0 Å². The molecule has 1 aromatic heterocycles. The first-order chi connectivity index (χ1) is 9.65. The number of benzene rings is 1. The van der Waals surface area contributed by atoms with Crippen LogP contribution in [0, 0.1) is 0 Å². The number of H-pyrrole nitrogens is 1. The molecule has 2 aromatic rings. The fourth-order valence-electron chi connectivity index (χ4n) is 2.10. The number of nitrogens with one attached hydrogen (secondary N) is 1. The number of hydrogen-bond acceptors (Lipinski definition) is 3. The van der Waals surface area contributed by atoms with Crippen LogP contribution in [0.3, 0.4) is 0 Å². The van der Waals surface area contributed by atoms with E-state index in [4.69, 9.17) is 0 Å². The third kappa shape index (κ3) is 2.99. The highest BCUT2D eigenvalue weighted by Gasteiger charge is 2.16. The van der Waals surface area contributed by atoms with Crippen LogP contribution in [0.15, 0.2) is 30.5 Å². The number of carbonyl (C=O) groups excluding carboxylic acids is 2. The summed E-state index contributed by atoms with van der Waals surface area (Å²) in [6.45, 7) is 2.82. The largest absolute Gasteiger partial charge is 0.469 e. The zero-order valence-corrected chi connectivity index (χ0v) is 11.7. The molecule has 1 amide bonds. The van der Waals surface area contributed by atoms with Crippen molar-refractivity contribution in [3.8, 4) is 0 Å². The molecule has 0 saturated carbocycles. The number of aromatic amines is 1. The maximum atomic E-state index is 12.4. The van der Waals surface area contributed by atoms with Gasteiger partial charge in [0.25, 0.3) is 5.91 Å². The molecule has 5 heteroatoms. The number of rotatable bonds is 5. The smallest absolute Gasteiger partial charge is 0.307 e. The number of aromatic nitrogens is 1. The van der Waals surface area contributed by atoms with Crippen LogP contribution in [0.2, 0.25) is 0 Å². The van der Waals surface area contributed by atoms with E-state index < -0.39 is 0 Å². The molecule has 2 rings (SSSR count). The van der Waals surface area contributed by atoms with Gasteiger partial charge in [-0.15, -0.1) is 0 Å². The highest BCUT2D eigenvalue weighted by Crippen LogP contribution is 2.16. The molecule has 20 heavy (non-hydrogen) atoms. The molecule has 5 nitrogen and oxygen atoms in total. The van der Waals surface area contributed by atoms with Crippen molar-refractivity contribution < 1.29 is 14.3 Å². The van der Waals surface area contributed by atoms with Gasteiger partial charge in [0.1, 0.15) is 0 Å². The Hall–Kier alpha value is -2.30. The van der Waals surface area contributed by atoms with E-state index in [1.807, 2.05) is 31.3 Å². The van der Waals surface area contributed by atoms with Crippen molar-refractivity contribution in [3.63, 3.8) is 0 Å². The third-order valence-electron chi connectivity index (χ3n) is 3.28. The van der Waals surface area contributed by atoms with Gasteiger partial charge in [-0.25, -0.2) is 0 Å². The molecule has 0 aliphatic carbocycles. The Bertz CT molecular complexity index is 618. The summed E-state index contributed by atoms with van der Waals surface area (Å²) in [6.07, 6.45) is 2.05. The molecular formula is C15H18N2O3. The Morgan fingerprint density at radius 3 is 2.80 bits per heavy atom. The standard InChI is InChI=1S/C15H18N2O3/c1-3-17(9-7-14(18)20-2)15(19)12-4-5-13-11(10-12)6-8-16-13/h4-6,8,10,16H,3,7,9H2,1-2H3. The molecule has 0 atom stereocenters. The van der Waals surface area contributed by atoms with E-state index in [-0.39, 0.29) is 18.3 Å². The van der Waals surface area contributed by atoms with Crippen LogP contribution < -0.4 is 0 Å². The lowest BCUT2D eigenvalue weighted by atomic mass is 10.1. The molecule has 1 heterocycles. The van der Waals surface area contributed by atoms with Crippen LogP contribution >= 0.6 is 0 Å². The van der Waals surface area contributed by atoms with Crippen LogP contribution in [0.25, 0.3) is 10.9 Å². The van der Waals surface area contributed by atoms with Gasteiger partial charge in [0, 0.05) is 35.8 Å². The van der Waals surface area contributed by atoms with Crippen LogP contribution in [-0.4, -0.2) is 42.0 Å². The molecule has 0 spiro atoms. The summed E-state index contributed by atoms with van der Waals surface area (Å²) >= 11 is 0. The number of esters is 1. The lowest BCUT2D eigenvalue weighted by Crippen LogP contribution is -2.33. The van der Waals surface area contributed by atoms with Gasteiger partial charge in [0.05, 0.1) is 13.5 Å². The van der Waals surface area contributed by atoms with Gasteiger partial charge in [-0.1, -0.05) is 0 Å². The van der Waals surface area contributed by atoms with Gasteiger partial charge < -0.3 is 14.6 Å². The summed E-state index contributed by atoms with van der Waals surface area (Å²) in [7, 11) is 1.35. The minimum Gasteiger partial charge on any atom is -0.469 e. The Kier molecular flexibility index (Phi) is 4.40. The van der Waals surface area contributed by atoms with Crippen LogP contribution in [-0.2, 0) is 9.53 Å². The fourth-order valence-corrected chi connectivity index (χ4v) is 2.10. The number of fused-ring (bicyclic) bond motifs is 1. The van der Waals surface area contributed by atoms with Crippen molar-refractivity contribution in [2.45, 2.75) is 13.3 Å². The molecule has 0 radical (unpaired) electrons. The molecule has 0 fully saturated rings. The highest BCUT2D eigenvalue weighted by molar-refractivity contribution is 5.98. The lowest BCUT2D eigenvalue weighted by molar-refractivity contribution is -0.140. The van der Waals surface area contributed by atoms with Crippen molar-refractivity contribution in [3.05, 3.63) is 36.0 Å². The lowest BCUT2D eigenvalue weighted by Gasteiger charge is -2.20. The Morgan fingerprint density at radius 2 is 2.10 bits per heavy atom. The van der Waals surface area contributed by atoms with Crippen molar-refractivity contribution in [1.29, 1.82) is 0 Å². The van der Waals surface area contributed by atoms with E-state index >= 15 is 0 Å². The SMILES string of the molecule is CCN(CCC(=O)OC)C(=O)c1ccc2[nH]ccc2c1. The third-order valence-corrected chi connectivity index (χ3v) is 3.28. The monoisotopic (exact) mass is 274 g/mol. The molecule has 1 N–H and O–H groups in total. The molecule has 1 aromatic carbocycles. The van der Waals surface area contributed by atoms with Gasteiger partial charge in [0.15, 0.2) is 0 Å². The van der Waals surface area contributed by atoms with Crippen molar-refractivity contribution in [2.24, 2.45) is 0 Å². The molecule has 106 valence electrons. The quantitative estimate of drug-likeness (QED) is 0.850. The normalized spacial score (nSPS) is 10.5. The number of amides is 1. The molecule has 0 saturated heterocycles. The number of carbonyl (C=O) groups is 2. The second-order valence-electron chi connectivity index (χ2n) is 4.49. The molecule has 0 bridgehead atoms. The number of methoxy groups -OCH3 is 1. The topological polar surface area (TPSA) is 62.4 Å². The first-order valence-corrected chi connectivity index (χ1v) is 6.59. The van der Waals surface area contributed by atoms with Gasteiger partial charge in [-0.2, -0.15) is 0 Å². The molecule has 0 unspecified atom stereocenters. The summed E-state index contributed by atoms with van der Waals surface area (Å²) in [5, 5.41) is 1.000. The van der Waals surface area contributed by atoms with Crippen LogP contribution in [0.4, 0.5) is 0 Å². The maximum Gasteiger partial charge on any atom is 0.307 e. The van der Waals surface area contributed by atoms with Crippen LogP contribution in [0.1, 0.15) is 23.7 Å². The highest BCUT2D eigenvalue weighted by atomic mass is 16.5. The summed E-state index contributed by atoms with van der Waals surface area (Å²) in [6, 6.07) is 7.46. The van der Waals surface area contributed by atoms with E-state index in [1.165, 1.54) is 7.11 Å². The second kappa shape index (κ2) is 6.23. The predicted octanol–water partition coefficient (Wildman–Crippen LogP) is 2.19. The van der Waals surface area contributed by atoms with Gasteiger partial charge >= 0.3 is 5.97 Å². The summed E-state index contributed by atoms with van der Waals surface area (Å²) < 4.78 is 4.60. The maximum absolute atomic E-state index is 12.4. The van der Waals surface area contributed by atoms with E-state index in [0.717, 1.165) is 10.9 Å². The summed E-state index contributed by atoms with van der Waals surface area (Å²) in [5.74, 6) is -0.378. The Morgan fingerprint density at radius 1 is 1.30 bits per heavy atom. The average molecular weight is 274 g/mol. The minimum absolute atomic E-state index is 0.0699. The molecular weight excluding hydrogens is 256 g/mol. The average Bonchev–Trinajstić information content (AvgIpc) is 2.94. The Balaban J connectivity index is 2.12. The van der Waals surface area contributed by atoms with Gasteiger partial charge in [-0.3, -0.25) is 9.59 Å².